The van der Waals surface area contributed by atoms with Gasteiger partial charge in [-0.2, -0.15) is 5.10 Å². The van der Waals surface area contributed by atoms with Crippen LogP contribution in [0.2, 0.25) is 0 Å². The number of aromatic amines is 1. The number of amides is 5. The van der Waals surface area contributed by atoms with Crippen molar-refractivity contribution in [2.24, 2.45) is 17.4 Å². The van der Waals surface area contributed by atoms with Crippen molar-refractivity contribution in [2.45, 2.75) is 89.0 Å². The number of hydrogen-bond donors (Lipinski definition) is 8. The minimum Gasteiger partial charge on any atom is -0.343 e. The maximum Gasteiger partial charge on any atom is 0.249 e. The summed E-state index contributed by atoms with van der Waals surface area (Å²) in [6.45, 7) is 4.73. The number of rotatable bonds is 18. The van der Waals surface area contributed by atoms with E-state index in [2.05, 4.69) is 36.8 Å². The third-order valence-corrected chi connectivity index (χ3v) is 8.77. The number of nitrogens with zero attached hydrogens (tertiary/aromatic N) is 1. The molecule has 0 bridgehead atoms. The molecule has 0 saturated carbocycles. The minimum atomic E-state index is -1.07. The van der Waals surface area contributed by atoms with Crippen LogP contribution < -0.4 is 38.1 Å². The van der Waals surface area contributed by atoms with Gasteiger partial charge in [-0.1, -0.05) is 74.5 Å². The van der Waals surface area contributed by atoms with E-state index in [0.717, 1.165) is 16.8 Å². The predicted molar refractivity (Wildman–Crippen MR) is 193 cm³/mol. The maximum absolute atomic E-state index is 13.9. The molecule has 274 valence electrons. The number of aromatic nitrogens is 2. The number of nitrogens with two attached hydrogens (primary N) is 2. The number of fused-ring (bicyclic) bond motifs is 1. The van der Waals surface area contributed by atoms with Crippen molar-refractivity contribution in [3.63, 3.8) is 0 Å². The molecule has 4 rings (SSSR count). The number of carbonyl (C=O) groups is 5. The van der Waals surface area contributed by atoms with Gasteiger partial charge in [-0.25, -0.2) is 0 Å². The topological polar surface area (TPSA) is 226 Å². The van der Waals surface area contributed by atoms with Crippen LogP contribution in [-0.2, 0) is 43.2 Å². The molecule has 2 aromatic carbocycles. The molecular formula is C37H51N9O5. The Kier molecular flexibility index (Phi) is 14.8. The molecule has 1 aromatic heterocycles. The highest BCUT2D eigenvalue weighted by Crippen LogP contribution is 2.21. The summed E-state index contributed by atoms with van der Waals surface area (Å²) in [6, 6.07) is 13.7. The zero-order valence-electron chi connectivity index (χ0n) is 29.3. The van der Waals surface area contributed by atoms with Crippen LogP contribution in [0.5, 0.6) is 0 Å². The highest BCUT2D eigenvalue weighted by molar-refractivity contribution is 6.02. The van der Waals surface area contributed by atoms with E-state index in [9.17, 15) is 24.0 Å². The zero-order valence-corrected chi connectivity index (χ0v) is 29.3. The molecule has 3 aromatic rings. The first-order valence-electron chi connectivity index (χ1n) is 17.6. The molecule has 0 aliphatic carbocycles. The summed E-state index contributed by atoms with van der Waals surface area (Å²) in [5, 5.41) is 20.9. The fourth-order valence-electron chi connectivity index (χ4n) is 6.05. The predicted octanol–water partition coefficient (Wildman–Crippen LogP) is 0.682. The molecule has 10 N–H and O–H groups in total. The van der Waals surface area contributed by atoms with Crippen LogP contribution in [0.15, 0.2) is 66.9 Å². The van der Waals surface area contributed by atoms with E-state index < -0.39 is 59.7 Å². The zero-order chi connectivity index (χ0) is 36.8. The van der Waals surface area contributed by atoms with Crippen molar-refractivity contribution in [3.05, 3.63) is 89.2 Å². The van der Waals surface area contributed by atoms with Crippen molar-refractivity contribution < 1.29 is 24.0 Å². The van der Waals surface area contributed by atoms with Crippen LogP contribution in [0.25, 0.3) is 0 Å². The highest BCUT2D eigenvalue weighted by atomic mass is 16.2. The third kappa shape index (κ3) is 11.8. The van der Waals surface area contributed by atoms with Gasteiger partial charge in [-0.05, 0) is 55.7 Å². The van der Waals surface area contributed by atoms with Gasteiger partial charge < -0.3 is 32.7 Å². The normalized spacial score (nSPS) is 16.2. The number of nitrogens with one attached hydrogen (secondary N) is 6. The number of benzene rings is 2. The molecule has 14 heteroatoms. The van der Waals surface area contributed by atoms with E-state index in [-0.39, 0.29) is 31.6 Å². The van der Waals surface area contributed by atoms with Crippen molar-refractivity contribution in [2.75, 3.05) is 13.1 Å². The Hall–Kier alpha value is -4.92. The van der Waals surface area contributed by atoms with Gasteiger partial charge in [0, 0.05) is 30.6 Å². The number of H-pyrrole nitrogens is 1. The second-order valence-electron chi connectivity index (χ2n) is 13.4. The van der Waals surface area contributed by atoms with Crippen LogP contribution in [0.4, 0.5) is 0 Å². The first-order valence-corrected chi connectivity index (χ1v) is 17.6. The van der Waals surface area contributed by atoms with Crippen molar-refractivity contribution in [3.8, 4) is 0 Å². The largest absolute Gasteiger partial charge is 0.343 e. The molecule has 0 radical (unpaired) electrons. The molecule has 51 heavy (non-hydrogen) atoms. The van der Waals surface area contributed by atoms with E-state index >= 15 is 0 Å². The van der Waals surface area contributed by atoms with Crippen LogP contribution >= 0.6 is 0 Å². The summed E-state index contributed by atoms with van der Waals surface area (Å²) in [6.07, 6.45) is 4.27. The average molecular weight is 702 g/mol. The molecule has 0 saturated heterocycles. The smallest absolute Gasteiger partial charge is 0.249 e. The van der Waals surface area contributed by atoms with Gasteiger partial charge in [0.05, 0.1) is 12.2 Å². The molecule has 1 aliphatic heterocycles. The lowest BCUT2D eigenvalue weighted by molar-refractivity contribution is -0.136. The summed E-state index contributed by atoms with van der Waals surface area (Å²) in [4.78, 5) is 67.7. The van der Waals surface area contributed by atoms with Gasteiger partial charge in [-0.15, -0.1) is 0 Å². The van der Waals surface area contributed by atoms with Crippen LogP contribution in [-0.4, -0.2) is 77.0 Å². The van der Waals surface area contributed by atoms with E-state index in [4.69, 9.17) is 11.5 Å². The van der Waals surface area contributed by atoms with Crippen molar-refractivity contribution >= 4 is 29.5 Å². The molecule has 2 heterocycles. The van der Waals surface area contributed by atoms with Gasteiger partial charge in [-0.3, -0.25) is 34.4 Å². The molecule has 14 nitrogen and oxygen atoms in total. The Morgan fingerprint density at radius 2 is 1.41 bits per heavy atom. The number of carbonyl (C=O) groups excluding carboxylic acids is 5. The van der Waals surface area contributed by atoms with Crippen LogP contribution in [0.3, 0.4) is 0 Å². The minimum absolute atomic E-state index is 0.0184. The fourth-order valence-corrected chi connectivity index (χ4v) is 6.05. The molecule has 5 amide bonds. The quantitative estimate of drug-likeness (QED) is 0.0872. The van der Waals surface area contributed by atoms with E-state index in [1.54, 1.807) is 6.20 Å². The summed E-state index contributed by atoms with van der Waals surface area (Å²) in [5.41, 5.74) is 15.1. The Morgan fingerprint density at radius 1 is 0.804 bits per heavy atom. The average Bonchev–Trinajstić information content (AvgIpc) is 3.60. The van der Waals surface area contributed by atoms with Gasteiger partial charge >= 0.3 is 0 Å². The molecule has 0 fully saturated rings. The molecule has 5 atom stereocenters. The first kappa shape index (κ1) is 38.9. The first-order chi connectivity index (χ1) is 24.5. The molecule has 1 unspecified atom stereocenters. The lowest BCUT2D eigenvalue weighted by Crippen LogP contribution is -2.59. The Bertz CT molecular complexity index is 1600. The summed E-state index contributed by atoms with van der Waals surface area (Å²) in [5.74, 6) is -2.91. The standard InChI is InChI=1S/C37H51N9O5/c1-23(2)19-30(35(49)42-29(15-9-10-17-38)34(48)45-37(51)32-26-22-41-46-28(26)16-18-40-32)44-36(50)31(21-25-13-7-4-8-14-25)43-33(47)27(39)20-24-11-5-3-6-12-24/h3-8,11-14,22-23,27,29-32,40H,9-10,15-21,38-39H2,1-2H3,(H,41,46)(H,42,49)(H,43,47)(H,44,50)(H,45,48,51)/t27-,29-,30-,31-,32?/m1/s1. The van der Waals surface area contributed by atoms with Gasteiger partial charge in [0.15, 0.2) is 0 Å². The molecule has 1 aliphatic rings. The Balaban J connectivity index is 1.47. The van der Waals surface area contributed by atoms with Gasteiger partial charge in [0.25, 0.3) is 0 Å². The van der Waals surface area contributed by atoms with Crippen LogP contribution in [0, 0.1) is 5.92 Å². The van der Waals surface area contributed by atoms with Gasteiger partial charge in [0.1, 0.15) is 24.2 Å². The SMILES string of the molecule is CC(C)C[C@@H](NC(=O)[C@@H](Cc1ccccc1)NC(=O)[C@H](N)Cc1ccccc1)C(=O)N[C@H](CCCCN)C(=O)NC(=O)C1NCCc2[nH]ncc21. The van der Waals surface area contributed by atoms with Gasteiger partial charge in [0.2, 0.25) is 29.5 Å². The number of unbranched alkanes of at least 4 members (excludes halogenated alkanes) is 1. The number of hydrogen-bond acceptors (Lipinski definition) is 9. The summed E-state index contributed by atoms with van der Waals surface area (Å²) < 4.78 is 0. The lowest BCUT2D eigenvalue weighted by atomic mass is 9.99. The Labute approximate surface area is 298 Å². The molecule has 0 spiro atoms. The third-order valence-electron chi connectivity index (χ3n) is 8.77. The van der Waals surface area contributed by atoms with E-state index in [0.29, 0.717) is 37.9 Å². The van der Waals surface area contributed by atoms with E-state index in [1.165, 1.54) is 0 Å². The highest BCUT2D eigenvalue weighted by Gasteiger charge is 2.33. The van der Waals surface area contributed by atoms with Crippen molar-refractivity contribution in [1.82, 2.24) is 36.8 Å². The maximum atomic E-state index is 13.9. The van der Waals surface area contributed by atoms with E-state index in [1.807, 2.05) is 74.5 Å². The summed E-state index contributed by atoms with van der Waals surface area (Å²) >= 11 is 0. The second-order valence-corrected chi connectivity index (χ2v) is 13.4. The lowest BCUT2D eigenvalue weighted by Gasteiger charge is -2.27. The monoisotopic (exact) mass is 701 g/mol. The Morgan fingerprint density at radius 3 is 2.06 bits per heavy atom. The fraction of sp³-hybridized carbons (Fsp3) is 0.459. The summed E-state index contributed by atoms with van der Waals surface area (Å²) in [7, 11) is 0. The van der Waals surface area contributed by atoms with Crippen LogP contribution in [0.1, 0.15) is 68.0 Å². The van der Waals surface area contributed by atoms with Crippen molar-refractivity contribution in [1.29, 1.82) is 0 Å². The second kappa shape index (κ2) is 19.5. The molecular weight excluding hydrogens is 650 g/mol. The number of imide groups is 1.